The Kier molecular flexibility index (Phi) is 5.60. The molecule has 0 saturated carbocycles. The molecule has 3 aromatic heterocycles. The smallest absolute Gasteiger partial charge is 0.298 e. The lowest BCUT2D eigenvalue weighted by Crippen LogP contribution is -2.29. The Balaban J connectivity index is 1.58. The van der Waals surface area contributed by atoms with E-state index < -0.39 is 5.82 Å². The number of amides is 1. The second-order valence-corrected chi connectivity index (χ2v) is 7.95. The number of carbonyl (C=O) groups excluding carboxylic acids is 1. The Morgan fingerprint density at radius 1 is 1.18 bits per heavy atom. The van der Waals surface area contributed by atoms with Crippen molar-refractivity contribution < 1.29 is 13.9 Å². The van der Waals surface area contributed by atoms with E-state index in [0.717, 1.165) is 23.9 Å². The van der Waals surface area contributed by atoms with Gasteiger partial charge in [0.25, 0.3) is 5.91 Å². The van der Waals surface area contributed by atoms with Gasteiger partial charge < -0.3 is 15.4 Å². The molecule has 5 rings (SSSR count). The van der Waals surface area contributed by atoms with Crippen molar-refractivity contribution in [3.05, 3.63) is 72.3 Å². The van der Waals surface area contributed by atoms with Crippen molar-refractivity contribution in [1.29, 1.82) is 0 Å². The van der Waals surface area contributed by atoms with Crippen LogP contribution in [0.15, 0.2) is 60.9 Å². The first kappa shape index (κ1) is 21.5. The lowest BCUT2D eigenvalue weighted by atomic mass is 10.0. The summed E-state index contributed by atoms with van der Waals surface area (Å²) in [6, 6.07) is 13.5. The molecule has 1 unspecified atom stereocenters. The average Bonchev–Trinajstić information content (AvgIpc) is 3.46. The van der Waals surface area contributed by atoms with Crippen LogP contribution in [0, 0.1) is 17.7 Å². The number of nitrogen functional groups attached to an aromatic ring is 1. The highest BCUT2D eigenvalue weighted by atomic mass is 19.1. The predicted molar refractivity (Wildman–Crippen MR) is 126 cm³/mol. The second kappa shape index (κ2) is 8.87. The zero-order chi connectivity index (χ0) is 23.7. The molecule has 34 heavy (non-hydrogen) atoms. The van der Waals surface area contributed by atoms with E-state index in [4.69, 9.17) is 10.5 Å². The zero-order valence-electron chi connectivity index (χ0n) is 18.5. The molecule has 0 radical (unpaired) electrons. The number of carbonyl (C=O) groups is 1. The monoisotopic (exact) mass is 455 g/mol. The number of fused-ring (bicyclic) bond motifs is 1. The number of hydrogen-bond donors (Lipinski definition) is 1. The van der Waals surface area contributed by atoms with Crippen LogP contribution in [-0.4, -0.2) is 31.7 Å². The molecule has 2 N–H and O–H groups in total. The van der Waals surface area contributed by atoms with Crippen LogP contribution in [0.25, 0.3) is 16.8 Å². The molecule has 1 saturated heterocycles. The van der Waals surface area contributed by atoms with E-state index in [0.29, 0.717) is 29.4 Å². The SMILES string of the molecule is CC#CC(=O)N1CCCC1c1cc(-c2ccc(Oc3ccccn3)cc2F)n2c(N)nccc12. The normalized spacial score (nSPS) is 15.2. The number of nitrogens with zero attached hydrogens (tertiary/aromatic N) is 4. The van der Waals surface area contributed by atoms with E-state index in [1.54, 1.807) is 58.9 Å². The Bertz CT molecular complexity index is 1440. The summed E-state index contributed by atoms with van der Waals surface area (Å²) in [6.45, 7) is 2.27. The minimum Gasteiger partial charge on any atom is -0.439 e. The number of benzene rings is 1. The van der Waals surface area contributed by atoms with Gasteiger partial charge in [-0.15, -0.1) is 0 Å². The third kappa shape index (κ3) is 3.82. The molecule has 1 aliphatic rings. The number of pyridine rings is 1. The van der Waals surface area contributed by atoms with Gasteiger partial charge in [-0.25, -0.2) is 14.4 Å². The molecule has 7 nitrogen and oxygen atoms in total. The number of nitrogens with two attached hydrogens (primary N) is 1. The summed E-state index contributed by atoms with van der Waals surface area (Å²) in [6.07, 6.45) is 4.87. The molecule has 0 aliphatic carbocycles. The maximum atomic E-state index is 15.3. The van der Waals surface area contributed by atoms with E-state index in [-0.39, 0.29) is 17.9 Å². The van der Waals surface area contributed by atoms with Crippen LogP contribution in [0.1, 0.15) is 31.4 Å². The van der Waals surface area contributed by atoms with Gasteiger partial charge in [0.2, 0.25) is 11.8 Å². The highest BCUT2D eigenvalue weighted by Gasteiger charge is 2.32. The molecule has 4 aromatic rings. The van der Waals surface area contributed by atoms with Crippen LogP contribution in [0.2, 0.25) is 0 Å². The molecular weight excluding hydrogens is 433 g/mol. The average molecular weight is 455 g/mol. The van der Waals surface area contributed by atoms with E-state index >= 15 is 4.39 Å². The van der Waals surface area contributed by atoms with Gasteiger partial charge in [-0.05, 0) is 56.0 Å². The van der Waals surface area contributed by atoms with Gasteiger partial charge in [0.15, 0.2) is 0 Å². The highest BCUT2D eigenvalue weighted by molar-refractivity contribution is 5.94. The van der Waals surface area contributed by atoms with E-state index in [9.17, 15) is 4.79 Å². The van der Waals surface area contributed by atoms with Crippen LogP contribution in [-0.2, 0) is 4.79 Å². The van der Waals surface area contributed by atoms with E-state index in [1.807, 2.05) is 12.1 Å². The summed E-state index contributed by atoms with van der Waals surface area (Å²) >= 11 is 0. The highest BCUT2D eigenvalue weighted by Crippen LogP contribution is 2.40. The largest absolute Gasteiger partial charge is 0.439 e. The van der Waals surface area contributed by atoms with Crippen LogP contribution in [0.3, 0.4) is 0 Å². The molecule has 0 spiro atoms. The number of aromatic nitrogens is 3. The van der Waals surface area contributed by atoms with Crippen LogP contribution >= 0.6 is 0 Å². The molecule has 4 heterocycles. The first-order valence-corrected chi connectivity index (χ1v) is 10.9. The molecule has 1 amide bonds. The lowest BCUT2D eigenvalue weighted by Gasteiger charge is -2.22. The number of likely N-dealkylation sites (tertiary alicyclic amines) is 1. The molecule has 8 heteroatoms. The van der Waals surface area contributed by atoms with Gasteiger partial charge in [0.05, 0.1) is 17.3 Å². The van der Waals surface area contributed by atoms with E-state index in [2.05, 4.69) is 21.8 Å². The Hall–Kier alpha value is -4.38. The first-order valence-electron chi connectivity index (χ1n) is 10.9. The number of rotatable bonds is 4. The fourth-order valence-electron chi connectivity index (χ4n) is 4.48. The molecule has 1 aromatic carbocycles. The maximum Gasteiger partial charge on any atom is 0.298 e. The Morgan fingerprint density at radius 2 is 2.06 bits per heavy atom. The van der Waals surface area contributed by atoms with Crippen molar-refractivity contribution in [2.24, 2.45) is 0 Å². The standard InChI is InChI=1S/C26H22FN5O2/c1-2-6-25(33)31-14-5-7-21(31)19-16-23(32-22(19)11-13-30-26(32)28)18-10-9-17(15-20(18)27)34-24-8-3-4-12-29-24/h3-4,8-13,15-16,21H,5,7,14H2,1H3,(H2,28,30). The quantitative estimate of drug-likeness (QED) is 0.455. The molecule has 170 valence electrons. The predicted octanol–water partition coefficient (Wildman–Crippen LogP) is 4.60. The van der Waals surface area contributed by atoms with Gasteiger partial charge in [-0.1, -0.05) is 12.0 Å². The van der Waals surface area contributed by atoms with Gasteiger partial charge in [0, 0.05) is 42.2 Å². The Morgan fingerprint density at radius 3 is 2.82 bits per heavy atom. The number of ether oxygens (including phenoxy) is 1. The van der Waals surface area contributed by atoms with Crippen molar-refractivity contribution in [2.75, 3.05) is 12.3 Å². The number of halogens is 1. The fourth-order valence-corrected chi connectivity index (χ4v) is 4.48. The fraction of sp³-hybridized carbons (Fsp3) is 0.192. The van der Waals surface area contributed by atoms with Crippen molar-refractivity contribution in [3.63, 3.8) is 0 Å². The van der Waals surface area contributed by atoms with Crippen LogP contribution < -0.4 is 10.5 Å². The minimum absolute atomic E-state index is 0.172. The van der Waals surface area contributed by atoms with Gasteiger partial charge in [0.1, 0.15) is 11.6 Å². The van der Waals surface area contributed by atoms with Gasteiger partial charge in [-0.2, -0.15) is 0 Å². The van der Waals surface area contributed by atoms with Crippen molar-refractivity contribution in [1.82, 2.24) is 19.3 Å². The molecule has 1 fully saturated rings. The summed E-state index contributed by atoms with van der Waals surface area (Å²) in [5, 5.41) is 0. The van der Waals surface area contributed by atoms with Crippen molar-refractivity contribution in [2.45, 2.75) is 25.8 Å². The van der Waals surface area contributed by atoms with Crippen LogP contribution in [0.5, 0.6) is 11.6 Å². The van der Waals surface area contributed by atoms with Gasteiger partial charge >= 0.3 is 0 Å². The summed E-state index contributed by atoms with van der Waals surface area (Å²) in [4.78, 5) is 22.7. The summed E-state index contributed by atoms with van der Waals surface area (Å²) in [5.74, 6) is 5.57. The van der Waals surface area contributed by atoms with Crippen molar-refractivity contribution in [3.8, 4) is 34.7 Å². The third-order valence-corrected chi connectivity index (χ3v) is 5.92. The van der Waals surface area contributed by atoms with Gasteiger partial charge in [-0.3, -0.25) is 9.20 Å². The first-order chi connectivity index (χ1) is 16.6. The number of hydrogen-bond acceptors (Lipinski definition) is 5. The van der Waals surface area contributed by atoms with Crippen LogP contribution in [0.4, 0.5) is 10.3 Å². The minimum atomic E-state index is -0.473. The van der Waals surface area contributed by atoms with E-state index in [1.165, 1.54) is 6.07 Å². The molecular formula is C26H22FN5O2. The summed E-state index contributed by atoms with van der Waals surface area (Å²) < 4.78 is 22.7. The molecule has 1 aliphatic heterocycles. The number of anilines is 1. The van der Waals surface area contributed by atoms with Crippen molar-refractivity contribution >= 4 is 17.4 Å². The topological polar surface area (TPSA) is 85.8 Å². The zero-order valence-corrected chi connectivity index (χ0v) is 18.5. The maximum absolute atomic E-state index is 15.3. The summed E-state index contributed by atoms with van der Waals surface area (Å²) in [5.41, 5.74) is 8.80. The lowest BCUT2D eigenvalue weighted by molar-refractivity contribution is -0.125. The second-order valence-electron chi connectivity index (χ2n) is 7.95. The summed E-state index contributed by atoms with van der Waals surface area (Å²) in [7, 11) is 0. The molecule has 0 bridgehead atoms. The Labute approximate surface area is 196 Å². The third-order valence-electron chi connectivity index (χ3n) is 5.92. The molecule has 1 atom stereocenters.